The summed E-state index contributed by atoms with van der Waals surface area (Å²) < 4.78 is 5.39. The van der Waals surface area contributed by atoms with Crippen molar-refractivity contribution in [1.29, 1.82) is 0 Å². The standard InChI is InChI=1S/C13H23N3O2/c1-9(2)15-12(17)8-16(4)13(10(3)14)11-6-5-7-18-11/h5-7,9-10,13H,8,14H2,1-4H3,(H,15,17). The van der Waals surface area contributed by atoms with E-state index in [0.717, 1.165) is 5.76 Å². The molecule has 0 aliphatic heterocycles. The Kier molecular flexibility index (Phi) is 5.37. The normalized spacial score (nSPS) is 14.8. The smallest absolute Gasteiger partial charge is 0.234 e. The Balaban J connectivity index is 2.67. The van der Waals surface area contributed by atoms with E-state index in [4.69, 9.17) is 10.2 Å². The Morgan fingerprint density at radius 2 is 2.17 bits per heavy atom. The van der Waals surface area contributed by atoms with Gasteiger partial charge >= 0.3 is 0 Å². The Bertz CT molecular complexity index is 360. The summed E-state index contributed by atoms with van der Waals surface area (Å²) in [7, 11) is 1.87. The number of rotatable bonds is 6. The molecule has 0 radical (unpaired) electrons. The topological polar surface area (TPSA) is 71.5 Å². The van der Waals surface area contributed by atoms with Crippen molar-refractivity contribution in [2.45, 2.75) is 38.9 Å². The molecule has 0 saturated heterocycles. The molecule has 0 fully saturated rings. The molecule has 0 aromatic carbocycles. The maximum absolute atomic E-state index is 11.7. The molecular formula is C13H23N3O2. The van der Waals surface area contributed by atoms with Crippen molar-refractivity contribution in [2.24, 2.45) is 5.73 Å². The van der Waals surface area contributed by atoms with Gasteiger partial charge < -0.3 is 15.5 Å². The molecule has 1 heterocycles. The van der Waals surface area contributed by atoms with Crippen molar-refractivity contribution in [3.05, 3.63) is 24.2 Å². The van der Waals surface area contributed by atoms with Crippen molar-refractivity contribution in [1.82, 2.24) is 10.2 Å². The highest BCUT2D eigenvalue weighted by molar-refractivity contribution is 5.78. The van der Waals surface area contributed by atoms with E-state index < -0.39 is 0 Å². The lowest BCUT2D eigenvalue weighted by molar-refractivity contribution is -0.123. The van der Waals surface area contributed by atoms with Gasteiger partial charge in [0.05, 0.1) is 18.8 Å². The largest absolute Gasteiger partial charge is 0.468 e. The van der Waals surface area contributed by atoms with Crippen molar-refractivity contribution in [2.75, 3.05) is 13.6 Å². The molecule has 5 heteroatoms. The molecule has 1 aromatic heterocycles. The second kappa shape index (κ2) is 6.56. The van der Waals surface area contributed by atoms with Crippen LogP contribution in [0.4, 0.5) is 0 Å². The average Bonchev–Trinajstić information content (AvgIpc) is 2.68. The molecule has 1 rings (SSSR count). The second-order valence-corrected chi connectivity index (χ2v) is 4.96. The molecule has 5 nitrogen and oxygen atoms in total. The maximum atomic E-state index is 11.7. The number of likely N-dealkylation sites (N-methyl/N-ethyl adjacent to an activating group) is 1. The van der Waals surface area contributed by atoms with Gasteiger partial charge in [0.25, 0.3) is 0 Å². The number of carbonyl (C=O) groups excluding carboxylic acids is 1. The van der Waals surface area contributed by atoms with Crippen LogP contribution >= 0.6 is 0 Å². The second-order valence-electron chi connectivity index (χ2n) is 4.96. The van der Waals surface area contributed by atoms with Crippen LogP contribution in [-0.2, 0) is 4.79 Å². The number of furan rings is 1. The van der Waals surface area contributed by atoms with Crippen LogP contribution < -0.4 is 11.1 Å². The first-order valence-electron chi connectivity index (χ1n) is 6.20. The van der Waals surface area contributed by atoms with E-state index in [1.54, 1.807) is 6.26 Å². The van der Waals surface area contributed by atoms with E-state index in [2.05, 4.69) is 5.32 Å². The molecule has 0 saturated carbocycles. The van der Waals surface area contributed by atoms with Crippen molar-refractivity contribution in [3.63, 3.8) is 0 Å². The first-order chi connectivity index (χ1) is 8.41. The Labute approximate surface area is 108 Å². The van der Waals surface area contributed by atoms with Gasteiger partial charge in [-0.3, -0.25) is 9.69 Å². The summed E-state index contributed by atoms with van der Waals surface area (Å²) in [6.07, 6.45) is 1.62. The fraction of sp³-hybridized carbons (Fsp3) is 0.615. The van der Waals surface area contributed by atoms with Crippen LogP contribution in [0.5, 0.6) is 0 Å². The summed E-state index contributed by atoms with van der Waals surface area (Å²) in [5, 5.41) is 2.86. The van der Waals surface area contributed by atoms with Gasteiger partial charge in [-0.05, 0) is 40.0 Å². The van der Waals surface area contributed by atoms with E-state index in [0.29, 0.717) is 6.54 Å². The summed E-state index contributed by atoms with van der Waals surface area (Å²) in [4.78, 5) is 13.6. The van der Waals surface area contributed by atoms with Crippen LogP contribution in [0, 0.1) is 0 Å². The summed E-state index contributed by atoms with van der Waals surface area (Å²) in [6.45, 7) is 6.08. The minimum atomic E-state index is -0.118. The van der Waals surface area contributed by atoms with Crippen LogP contribution in [0.15, 0.2) is 22.8 Å². The fourth-order valence-electron chi connectivity index (χ4n) is 2.03. The highest BCUT2D eigenvalue weighted by atomic mass is 16.3. The SMILES string of the molecule is CC(C)NC(=O)CN(C)C(c1ccco1)C(C)N. The van der Waals surface area contributed by atoms with E-state index in [-0.39, 0.29) is 24.0 Å². The first kappa shape index (κ1) is 14.7. The minimum Gasteiger partial charge on any atom is -0.468 e. The third-order valence-corrected chi connectivity index (χ3v) is 2.65. The van der Waals surface area contributed by atoms with Gasteiger partial charge in [-0.1, -0.05) is 0 Å². The molecule has 102 valence electrons. The highest BCUT2D eigenvalue weighted by Gasteiger charge is 2.25. The lowest BCUT2D eigenvalue weighted by Gasteiger charge is -2.29. The lowest BCUT2D eigenvalue weighted by Crippen LogP contribution is -2.44. The number of hydrogen-bond acceptors (Lipinski definition) is 4. The molecular weight excluding hydrogens is 230 g/mol. The van der Waals surface area contributed by atoms with Gasteiger partial charge in [-0.25, -0.2) is 0 Å². The number of nitrogens with two attached hydrogens (primary N) is 1. The van der Waals surface area contributed by atoms with Gasteiger partial charge in [-0.15, -0.1) is 0 Å². The van der Waals surface area contributed by atoms with Crippen LogP contribution in [0.1, 0.15) is 32.6 Å². The summed E-state index contributed by atoms with van der Waals surface area (Å²) >= 11 is 0. The predicted molar refractivity (Wildman–Crippen MR) is 71.0 cm³/mol. The van der Waals surface area contributed by atoms with Crippen LogP contribution in [0.3, 0.4) is 0 Å². The molecule has 0 aliphatic carbocycles. The Morgan fingerprint density at radius 1 is 1.50 bits per heavy atom. The first-order valence-corrected chi connectivity index (χ1v) is 6.20. The van der Waals surface area contributed by atoms with Gasteiger partial charge in [0.2, 0.25) is 5.91 Å². The Morgan fingerprint density at radius 3 is 2.61 bits per heavy atom. The van der Waals surface area contributed by atoms with Crippen molar-refractivity contribution in [3.8, 4) is 0 Å². The molecule has 0 spiro atoms. The maximum Gasteiger partial charge on any atom is 0.234 e. The zero-order valence-corrected chi connectivity index (χ0v) is 11.5. The van der Waals surface area contributed by atoms with E-state index >= 15 is 0 Å². The van der Waals surface area contributed by atoms with Gasteiger partial charge in [-0.2, -0.15) is 0 Å². The quantitative estimate of drug-likeness (QED) is 0.797. The molecule has 3 N–H and O–H groups in total. The van der Waals surface area contributed by atoms with Crippen LogP contribution in [-0.4, -0.2) is 36.5 Å². The van der Waals surface area contributed by atoms with Crippen molar-refractivity contribution < 1.29 is 9.21 Å². The van der Waals surface area contributed by atoms with Gasteiger partial charge in [0.15, 0.2) is 0 Å². The molecule has 2 atom stereocenters. The highest BCUT2D eigenvalue weighted by Crippen LogP contribution is 2.22. The monoisotopic (exact) mass is 253 g/mol. The zero-order valence-electron chi connectivity index (χ0n) is 11.5. The van der Waals surface area contributed by atoms with E-state index in [1.165, 1.54) is 0 Å². The molecule has 1 amide bonds. The number of hydrogen-bond donors (Lipinski definition) is 2. The van der Waals surface area contributed by atoms with Crippen LogP contribution in [0.25, 0.3) is 0 Å². The molecule has 18 heavy (non-hydrogen) atoms. The Hall–Kier alpha value is -1.33. The summed E-state index contributed by atoms with van der Waals surface area (Å²) in [5.74, 6) is 0.773. The van der Waals surface area contributed by atoms with Crippen molar-refractivity contribution >= 4 is 5.91 Å². The third-order valence-electron chi connectivity index (χ3n) is 2.65. The zero-order chi connectivity index (χ0) is 13.7. The third kappa shape index (κ3) is 4.16. The van der Waals surface area contributed by atoms with Crippen LogP contribution in [0.2, 0.25) is 0 Å². The average molecular weight is 253 g/mol. The van der Waals surface area contributed by atoms with Gasteiger partial charge in [0.1, 0.15) is 5.76 Å². The van der Waals surface area contributed by atoms with E-state index in [9.17, 15) is 4.79 Å². The summed E-state index contributed by atoms with van der Waals surface area (Å²) in [5.41, 5.74) is 5.97. The summed E-state index contributed by atoms with van der Waals surface area (Å²) in [6, 6.07) is 3.63. The minimum absolute atomic E-state index is 0.00953. The number of nitrogens with one attached hydrogen (secondary N) is 1. The molecule has 0 bridgehead atoms. The lowest BCUT2D eigenvalue weighted by atomic mass is 10.1. The number of nitrogens with zero attached hydrogens (tertiary/aromatic N) is 1. The molecule has 2 unspecified atom stereocenters. The fourth-order valence-corrected chi connectivity index (χ4v) is 2.03. The molecule has 0 aliphatic rings. The predicted octanol–water partition coefficient (Wildman–Crippen LogP) is 1.12. The number of carbonyl (C=O) groups is 1. The van der Waals surface area contributed by atoms with Gasteiger partial charge in [0, 0.05) is 12.1 Å². The molecule has 1 aromatic rings. The number of amides is 1. The van der Waals surface area contributed by atoms with E-state index in [1.807, 2.05) is 44.9 Å².